The molecule has 0 amide bonds. The molecule has 3 N–H and O–H groups in total. The van der Waals surface area contributed by atoms with Crippen LogP contribution in [0.5, 0.6) is 0 Å². The largest absolute Gasteiger partial charge is 0.470 e. The first kappa shape index (κ1) is 17.1. The smallest absolute Gasteiger partial charge is 0.388 e. The average molecular weight is 296 g/mol. The molecule has 1 aliphatic heterocycles. The van der Waals surface area contributed by atoms with Crippen molar-refractivity contribution < 1.29 is 33.5 Å². The van der Waals surface area contributed by atoms with Gasteiger partial charge in [-0.05, 0) is 13.3 Å². The lowest BCUT2D eigenvalue weighted by Crippen LogP contribution is -2.39. The van der Waals surface area contributed by atoms with Crippen molar-refractivity contribution in [3.05, 3.63) is 0 Å². The minimum atomic E-state index is -4.59. The average Bonchev–Trinajstić information content (AvgIpc) is 2.51. The summed E-state index contributed by atoms with van der Waals surface area (Å²) in [7, 11) is -1.32. The van der Waals surface area contributed by atoms with Gasteiger partial charge in [-0.2, -0.15) is 0 Å². The third-order valence-electron chi connectivity index (χ3n) is 3.56. The monoisotopic (exact) mass is 296 g/mol. The SMILES string of the molecule is B[C@@H]1O[C@H](CC(C)(CC)OP(=O)(O)O)[C@@H](O)[C@H]1OC. The lowest BCUT2D eigenvalue weighted by molar-refractivity contribution is -0.0441. The summed E-state index contributed by atoms with van der Waals surface area (Å²) in [6.07, 6.45) is -1.29. The van der Waals surface area contributed by atoms with Crippen LogP contribution in [0.15, 0.2) is 0 Å². The molecule has 0 radical (unpaired) electrons. The maximum atomic E-state index is 11.0. The number of phosphoric ester groups is 1. The second-order valence-corrected chi connectivity index (χ2v) is 6.32. The molecule has 1 rings (SSSR count). The van der Waals surface area contributed by atoms with Gasteiger partial charge in [0.15, 0.2) is 0 Å². The number of rotatable bonds is 6. The fourth-order valence-corrected chi connectivity index (χ4v) is 3.16. The van der Waals surface area contributed by atoms with Gasteiger partial charge in [-0.1, -0.05) is 6.92 Å². The van der Waals surface area contributed by atoms with Crippen LogP contribution in [0.1, 0.15) is 26.7 Å². The van der Waals surface area contributed by atoms with Gasteiger partial charge in [0.05, 0.1) is 17.7 Å². The van der Waals surface area contributed by atoms with Crippen molar-refractivity contribution in [1.29, 1.82) is 0 Å². The Hall–Kier alpha value is 0.0549. The summed E-state index contributed by atoms with van der Waals surface area (Å²) in [5.74, 6) is 0. The number of methoxy groups -OCH3 is 1. The van der Waals surface area contributed by atoms with Crippen molar-refractivity contribution in [2.45, 2.75) is 56.6 Å². The van der Waals surface area contributed by atoms with E-state index in [1.54, 1.807) is 21.7 Å². The Bertz CT molecular complexity index is 349. The molecule has 1 fully saturated rings. The van der Waals surface area contributed by atoms with E-state index in [0.717, 1.165) is 0 Å². The lowest BCUT2D eigenvalue weighted by Gasteiger charge is -2.31. The van der Waals surface area contributed by atoms with Crippen LogP contribution in [0.3, 0.4) is 0 Å². The van der Waals surface area contributed by atoms with E-state index in [1.165, 1.54) is 7.11 Å². The van der Waals surface area contributed by atoms with Crippen molar-refractivity contribution in [3.63, 3.8) is 0 Å². The molecule has 0 aliphatic carbocycles. The fourth-order valence-electron chi connectivity index (χ4n) is 2.38. The van der Waals surface area contributed by atoms with Crippen LogP contribution < -0.4 is 0 Å². The van der Waals surface area contributed by atoms with E-state index in [4.69, 9.17) is 23.8 Å². The minimum Gasteiger partial charge on any atom is -0.388 e. The molecule has 5 atom stereocenters. The van der Waals surface area contributed by atoms with Crippen molar-refractivity contribution in [3.8, 4) is 0 Å². The van der Waals surface area contributed by atoms with E-state index in [-0.39, 0.29) is 12.4 Å². The molecule has 0 aromatic carbocycles. The summed E-state index contributed by atoms with van der Waals surface area (Å²) >= 11 is 0. The van der Waals surface area contributed by atoms with Gasteiger partial charge in [-0.15, -0.1) is 0 Å². The summed E-state index contributed by atoms with van der Waals surface area (Å²) in [4.78, 5) is 17.9. The van der Waals surface area contributed by atoms with Gasteiger partial charge in [0.2, 0.25) is 0 Å². The Balaban J connectivity index is 2.74. The summed E-state index contributed by atoms with van der Waals surface area (Å²) in [5.41, 5.74) is -1.06. The molecule has 19 heavy (non-hydrogen) atoms. The molecule has 0 spiro atoms. The van der Waals surface area contributed by atoms with E-state index < -0.39 is 31.7 Å². The van der Waals surface area contributed by atoms with E-state index >= 15 is 0 Å². The standard InChI is InChI=1S/C10H22BO7P/c1-4-10(2,18-19(13,14)15)5-6-7(12)8(16-3)9(11)17-6/h6-9,12H,4-5,11H2,1-3H3,(H2,13,14,15)/t6-,7-,8-,9-,10?/m1/s1. The van der Waals surface area contributed by atoms with Crippen LogP contribution in [0.25, 0.3) is 0 Å². The third-order valence-corrected chi connectivity index (χ3v) is 4.24. The third kappa shape index (κ3) is 4.53. The van der Waals surface area contributed by atoms with Gasteiger partial charge >= 0.3 is 7.82 Å². The van der Waals surface area contributed by atoms with Crippen molar-refractivity contribution >= 4 is 15.7 Å². The summed E-state index contributed by atoms with van der Waals surface area (Å²) in [6, 6.07) is -0.277. The second-order valence-electron chi connectivity index (χ2n) is 5.16. The highest BCUT2D eigenvalue weighted by Gasteiger charge is 2.45. The summed E-state index contributed by atoms with van der Waals surface area (Å²) in [5, 5.41) is 10.1. The quantitative estimate of drug-likeness (QED) is 0.443. The Labute approximate surface area is 113 Å². The number of hydrogen-bond acceptors (Lipinski definition) is 5. The van der Waals surface area contributed by atoms with Crippen LogP contribution >= 0.6 is 7.82 Å². The van der Waals surface area contributed by atoms with Crippen LogP contribution in [0.4, 0.5) is 0 Å². The number of phosphoric acid groups is 1. The molecule has 9 heteroatoms. The van der Waals surface area contributed by atoms with Gasteiger partial charge in [0.1, 0.15) is 20.1 Å². The van der Waals surface area contributed by atoms with Crippen LogP contribution in [-0.2, 0) is 18.6 Å². The Morgan fingerprint density at radius 2 is 2.05 bits per heavy atom. The van der Waals surface area contributed by atoms with Crippen molar-refractivity contribution in [2.24, 2.45) is 0 Å². The van der Waals surface area contributed by atoms with Gasteiger partial charge in [0, 0.05) is 13.5 Å². The molecule has 0 bridgehead atoms. The first-order chi connectivity index (χ1) is 8.62. The first-order valence-corrected chi connectivity index (χ1v) is 7.77. The molecular weight excluding hydrogens is 274 g/mol. The van der Waals surface area contributed by atoms with E-state index in [1.807, 2.05) is 0 Å². The number of ether oxygens (including phenoxy) is 2. The number of aliphatic hydroxyl groups excluding tert-OH is 1. The highest BCUT2D eigenvalue weighted by molar-refractivity contribution is 7.46. The van der Waals surface area contributed by atoms with Crippen LogP contribution in [-0.4, -0.2) is 59.8 Å². The lowest BCUT2D eigenvalue weighted by atomic mass is 9.89. The Kier molecular flexibility index (Phi) is 5.60. The zero-order valence-electron chi connectivity index (χ0n) is 11.6. The summed E-state index contributed by atoms with van der Waals surface area (Å²) in [6.45, 7) is 3.35. The molecule has 112 valence electrons. The van der Waals surface area contributed by atoms with Crippen molar-refractivity contribution in [2.75, 3.05) is 7.11 Å². The maximum Gasteiger partial charge on any atom is 0.470 e. The highest BCUT2D eigenvalue weighted by Crippen LogP contribution is 2.45. The molecule has 0 aromatic rings. The number of hydrogen-bond donors (Lipinski definition) is 3. The molecule has 1 heterocycles. The van der Waals surface area contributed by atoms with E-state index in [0.29, 0.717) is 6.42 Å². The molecule has 1 unspecified atom stereocenters. The Morgan fingerprint density at radius 1 is 1.47 bits per heavy atom. The topological polar surface area (TPSA) is 105 Å². The molecule has 7 nitrogen and oxygen atoms in total. The Morgan fingerprint density at radius 3 is 2.42 bits per heavy atom. The second kappa shape index (κ2) is 6.22. The predicted octanol–water partition coefficient (Wildman–Crippen LogP) is -0.612. The number of aliphatic hydroxyl groups is 1. The van der Waals surface area contributed by atoms with Crippen LogP contribution in [0, 0.1) is 0 Å². The fraction of sp³-hybridized carbons (Fsp3) is 1.00. The molecule has 0 aromatic heterocycles. The minimum absolute atomic E-state index is 0.181. The summed E-state index contributed by atoms with van der Waals surface area (Å²) < 4.78 is 26.5. The van der Waals surface area contributed by atoms with E-state index in [9.17, 15) is 9.67 Å². The van der Waals surface area contributed by atoms with Gasteiger partial charge in [0.25, 0.3) is 0 Å². The molecule has 1 aliphatic rings. The first-order valence-electron chi connectivity index (χ1n) is 6.24. The van der Waals surface area contributed by atoms with Gasteiger partial charge in [-0.3, -0.25) is 4.52 Å². The van der Waals surface area contributed by atoms with E-state index in [2.05, 4.69) is 0 Å². The molecule has 1 saturated heterocycles. The zero-order chi connectivity index (χ0) is 14.8. The van der Waals surface area contributed by atoms with Gasteiger partial charge < -0.3 is 24.4 Å². The zero-order valence-corrected chi connectivity index (χ0v) is 12.5. The maximum absolute atomic E-state index is 11.0. The van der Waals surface area contributed by atoms with Crippen LogP contribution in [0.2, 0.25) is 0 Å². The normalized spacial score (nSPS) is 35.3. The highest BCUT2D eigenvalue weighted by atomic mass is 31.2. The molecule has 0 saturated carbocycles. The van der Waals surface area contributed by atoms with Gasteiger partial charge in [-0.25, -0.2) is 4.57 Å². The van der Waals surface area contributed by atoms with Crippen molar-refractivity contribution in [1.82, 2.24) is 0 Å². The predicted molar refractivity (Wildman–Crippen MR) is 70.5 cm³/mol. The molecular formula is C10H22BO7P.